The molecule has 35 heavy (non-hydrogen) atoms. The van der Waals surface area contributed by atoms with E-state index in [-0.39, 0.29) is 34.9 Å². The molecular formula is C26H57F3N2O2Si2. The van der Waals surface area contributed by atoms with Gasteiger partial charge >= 0.3 is 6.18 Å². The molecule has 0 radical (unpaired) electrons. The average Bonchev–Trinajstić information content (AvgIpc) is 2.59. The molecule has 0 heterocycles. The average molecular weight is 543 g/mol. The summed E-state index contributed by atoms with van der Waals surface area (Å²) in [7, 11) is -3.55. The lowest BCUT2D eigenvalue weighted by molar-refractivity contribution is -0.0540. The number of hydrogen-bond donors (Lipinski definition) is 1. The van der Waals surface area contributed by atoms with Crippen molar-refractivity contribution < 1.29 is 22.0 Å². The summed E-state index contributed by atoms with van der Waals surface area (Å²) in [6.07, 6.45) is -2.61. The molecule has 0 aromatic carbocycles. The number of alkyl halides is 3. The molecule has 212 valence electrons. The molecule has 0 fully saturated rings. The zero-order chi connectivity index (χ0) is 28.5. The quantitative estimate of drug-likeness (QED) is 0.210. The zero-order valence-electron chi connectivity index (χ0n) is 25.2. The molecule has 0 spiro atoms. The van der Waals surface area contributed by atoms with E-state index in [4.69, 9.17) is 14.6 Å². The first-order valence-corrected chi connectivity index (χ1v) is 18.8. The van der Waals surface area contributed by atoms with Gasteiger partial charge in [0.05, 0.1) is 12.6 Å². The summed E-state index contributed by atoms with van der Waals surface area (Å²) in [6.45, 7) is 31.2. The first kappa shape index (κ1) is 36.9. The van der Waals surface area contributed by atoms with Crippen LogP contribution in [-0.4, -0.2) is 54.3 Å². The van der Waals surface area contributed by atoms with Crippen molar-refractivity contribution in [2.24, 2.45) is 22.6 Å². The third-order valence-corrected chi connectivity index (χ3v) is 15.9. The second kappa shape index (κ2) is 14.6. The molecule has 0 saturated heterocycles. The maximum atomic E-state index is 12.2. The van der Waals surface area contributed by atoms with Crippen LogP contribution in [0.2, 0.25) is 36.3 Å². The van der Waals surface area contributed by atoms with Gasteiger partial charge in [-0.2, -0.15) is 13.2 Å². The number of halogens is 3. The van der Waals surface area contributed by atoms with Gasteiger partial charge in [-0.25, -0.2) is 0 Å². The fourth-order valence-corrected chi connectivity index (χ4v) is 4.74. The van der Waals surface area contributed by atoms with Gasteiger partial charge in [-0.3, -0.25) is 4.99 Å². The third-order valence-electron chi connectivity index (χ3n) is 6.86. The monoisotopic (exact) mass is 542 g/mol. The van der Waals surface area contributed by atoms with Gasteiger partial charge in [0.1, 0.15) is 6.21 Å². The van der Waals surface area contributed by atoms with Crippen LogP contribution in [0.4, 0.5) is 13.2 Å². The number of nitrogens with two attached hydrogens (primary N) is 1. The zero-order valence-corrected chi connectivity index (χ0v) is 27.2. The van der Waals surface area contributed by atoms with Crippen molar-refractivity contribution in [1.82, 2.24) is 0 Å². The van der Waals surface area contributed by atoms with Crippen molar-refractivity contribution in [1.29, 1.82) is 0 Å². The lowest BCUT2D eigenvalue weighted by Crippen LogP contribution is -2.44. The molecule has 0 aliphatic rings. The van der Waals surface area contributed by atoms with Crippen molar-refractivity contribution in [3.05, 3.63) is 0 Å². The van der Waals surface area contributed by atoms with Crippen molar-refractivity contribution in [2.45, 2.75) is 137 Å². The van der Waals surface area contributed by atoms with Crippen LogP contribution in [0.3, 0.4) is 0 Å². The van der Waals surface area contributed by atoms with Crippen LogP contribution in [0.25, 0.3) is 0 Å². The molecule has 0 unspecified atom stereocenters. The smallest absolute Gasteiger partial charge is 0.415 e. The molecule has 0 aliphatic heterocycles. The predicted octanol–water partition coefficient (Wildman–Crippen LogP) is 8.44. The highest BCUT2D eigenvalue weighted by Gasteiger charge is 2.38. The van der Waals surface area contributed by atoms with E-state index in [1.165, 1.54) is 0 Å². The minimum Gasteiger partial charge on any atom is -0.415 e. The van der Waals surface area contributed by atoms with Gasteiger partial charge in [-0.1, -0.05) is 69.2 Å². The molecule has 4 nitrogen and oxygen atoms in total. The lowest BCUT2D eigenvalue weighted by Gasteiger charge is -2.37. The van der Waals surface area contributed by atoms with Gasteiger partial charge in [0.25, 0.3) is 0 Å². The van der Waals surface area contributed by atoms with Crippen LogP contribution in [0.5, 0.6) is 0 Å². The Hall–Kier alpha value is -0.226. The van der Waals surface area contributed by atoms with Crippen molar-refractivity contribution in [2.75, 3.05) is 13.2 Å². The van der Waals surface area contributed by atoms with Crippen LogP contribution >= 0.6 is 0 Å². The number of hydrogen-bond acceptors (Lipinski definition) is 4. The molecule has 2 N–H and O–H groups in total. The summed E-state index contributed by atoms with van der Waals surface area (Å²) >= 11 is 0. The molecule has 0 aromatic heterocycles. The summed E-state index contributed by atoms with van der Waals surface area (Å²) in [4.78, 5) is 3.67. The number of rotatable bonds is 11. The van der Waals surface area contributed by atoms with E-state index in [0.29, 0.717) is 18.9 Å². The van der Waals surface area contributed by atoms with Gasteiger partial charge in [-0.05, 0) is 60.9 Å². The van der Waals surface area contributed by atoms with Gasteiger partial charge < -0.3 is 14.6 Å². The van der Waals surface area contributed by atoms with Gasteiger partial charge in [0, 0.05) is 12.6 Å². The second-order valence-electron chi connectivity index (χ2n) is 13.6. The molecule has 0 saturated carbocycles. The fourth-order valence-electron chi connectivity index (χ4n) is 2.63. The van der Waals surface area contributed by atoms with Crippen molar-refractivity contribution in [3.63, 3.8) is 0 Å². The number of aliphatic imine (C=N–C) groups is 1. The summed E-state index contributed by atoms with van der Waals surface area (Å²) in [5.74, 6) is 0.941. The summed E-state index contributed by atoms with van der Waals surface area (Å²) in [6, 6.07) is -0.232. The predicted molar refractivity (Wildman–Crippen MR) is 152 cm³/mol. The molecule has 0 bridgehead atoms. The summed E-state index contributed by atoms with van der Waals surface area (Å²) < 4.78 is 48.8. The van der Waals surface area contributed by atoms with Crippen LogP contribution < -0.4 is 5.73 Å². The normalized spacial score (nSPS) is 16.0. The lowest BCUT2D eigenvalue weighted by atomic mass is 10.1. The molecule has 9 heteroatoms. The second-order valence-corrected chi connectivity index (χ2v) is 23.3. The Morgan fingerprint density at radius 3 is 1.43 bits per heavy atom. The van der Waals surface area contributed by atoms with E-state index in [9.17, 15) is 13.2 Å². The van der Waals surface area contributed by atoms with E-state index < -0.39 is 28.9 Å². The topological polar surface area (TPSA) is 56.8 Å². The van der Waals surface area contributed by atoms with Crippen LogP contribution in [0.1, 0.15) is 82.1 Å². The molecule has 0 aromatic rings. The Bertz CT molecular complexity index is 609. The minimum atomic E-state index is -4.35. The highest BCUT2D eigenvalue weighted by Crippen LogP contribution is 2.37. The minimum absolute atomic E-state index is 0.0448. The Labute approximate surface area is 217 Å². The molecule has 2 atom stereocenters. The van der Waals surface area contributed by atoms with Gasteiger partial charge in [0.15, 0.2) is 16.6 Å². The molecule has 0 amide bonds. The van der Waals surface area contributed by atoms with E-state index in [1.807, 2.05) is 13.8 Å². The summed E-state index contributed by atoms with van der Waals surface area (Å²) in [5.41, 5.74) is 6.02. The Morgan fingerprint density at radius 2 is 1.11 bits per heavy atom. The highest BCUT2D eigenvalue weighted by atomic mass is 28.4. The van der Waals surface area contributed by atoms with E-state index in [0.717, 1.165) is 6.42 Å². The van der Waals surface area contributed by atoms with E-state index in [2.05, 4.69) is 86.6 Å². The van der Waals surface area contributed by atoms with Crippen LogP contribution in [0, 0.1) is 11.8 Å². The molecule has 0 aliphatic carbocycles. The SMILES string of the molecule is CC(C)C[C@@H](CO[Si](C)(C)C(C)(C)C)N=CC(F)(F)F.CC(C)C[C@H](N)CO[Si](C)(C)C(C)(C)C. The largest absolute Gasteiger partial charge is 0.426 e. The van der Waals surface area contributed by atoms with Crippen molar-refractivity contribution >= 4 is 22.8 Å². The van der Waals surface area contributed by atoms with Gasteiger partial charge in [0.2, 0.25) is 0 Å². The summed E-state index contributed by atoms with van der Waals surface area (Å²) in [5, 5.41) is 0.327. The fraction of sp³-hybridized carbons (Fsp3) is 0.962. The maximum absolute atomic E-state index is 12.2. The Kier molecular flexibility index (Phi) is 15.4. The highest BCUT2D eigenvalue weighted by molar-refractivity contribution is 6.74. The van der Waals surface area contributed by atoms with Gasteiger partial charge in [-0.15, -0.1) is 0 Å². The first-order valence-electron chi connectivity index (χ1n) is 12.9. The van der Waals surface area contributed by atoms with E-state index >= 15 is 0 Å². The maximum Gasteiger partial charge on any atom is 0.426 e. The van der Waals surface area contributed by atoms with E-state index in [1.54, 1.807) is 0 Å². The Balaban J connectivity index is 0. The first-order chi connectivity index (χ1) is 15.3. The third kappa shape index (κ3) is 17.8. The number of nitrogens with zero attached hydrogens (tertiary/aromatic N) is 1. The standard InChI is InChI=1S/C14H28F3NOSi.C12H29NOSi/c1-11(2)8-12(18-10-14(15,16)17)9-19-20(6,7)13(3,4)5;1-10(2)8-11(13)9-14-15(6,7)12(3,4)5/h10-12H,8-9H2,1-7H3;10-11H,8-9,13H2,1-7H3/t12-;11-/m00/s1. The van der Waals surface area contributed by atoms with Crippen LogP contribution in [0.15, 0.2) is 4.99 Å². The van der Waals surface area contributed by atoms with Crippen LogP contribution in [-0.2, 0) is 8.85 Å². The molecular weight excluding hydrogens is 485 g/mol. The Morgan fingerprint density at radius 1 is 0.743 bits per heavy atom. The molecule has 0 rings (SSSR count). The van der Waals surface area contributed by atoms with Crippen molar-refractivity contribution in [3.8, 4) is 0 Å².